The van der Waals surface area contributed by atoms with Gasteiger partial charge in [-0.3, -0.25) is 0 Å². The Morgan fingerprint density at radius 2 is 1.45 bits per heavy atom. The van der Waals surface area contributed by atoms with Gasteiger partial charge in [0.25, 0.3) is 0 Å². The summed E-state index contributed by atoms with van der Waals surface area (Å²) in [4.78, 5) is 0. The number of nitrogens with zero attached hydrogens (tertiary/aromatic N) is 1. The van der Waals surface area contributed by atoms with E-state index in [0.717, 1.165) is 33.8 Å². The number of benzene rings is 3. The number of ether oxygens (including phenoxy) is 2. The molecule has 4 rings (SSSR count). The van der Waals surface area contributed by atoms with Crippen LogP contribution in [0.3, 0.4) is 0 Å². The maximum absolute atomic E-state index is 5.77. The van der Waals surface area contributed by atoms with Crippen LogP contribution in [0.25, 0.3) is 33.2 Å². The average molecular weight is 413 g/mol. The Bertz CT molecular complexity index is 1230. The minimum Gasteiger partial charge on any atom is -0.493 e. The number of fused-ring (bicyclic) bond motifs is 1. The van der Waals surface area contributed by atoms with Crippen molar-refractivity contribution in [2.75, 3.05) is 14.2 Å². The number of para-hydroxylation sites is 1. The summed E-state index contributed by atoms with van der Waals surface area (Å²) in [5, 5.41) is 1.20. The van der Waals surface area contributed by atoms with Gasteiger partial charge in [0, 0.05) is 22.6 Å². The molecule has 0 unspecified atom stereocenters. The molecule has 4 aromatic rings. The van der Waals surface area contributed by atoms with Crippen molar-refractivity contribution in [3.63, 3.8) is 0 Å². The van der Waals surface area contributed by atoms with Gasteiger partial charge in [-0.1, -0.05) is 57.2 Å². The van der Waals surface area contributed by atoms with Crippen molar-refractivity contribution in [1.29, 1.82) is 0 Å². The van der Waals surface area contributed by atoms with Crippen LogP contribution in [-0.4, -0.2) is 14.2 Å². The molecule has 0 spiro atoms. The van der Waals surface area contributed by atoms with Crippen LogP contribution in [0.4, 0.5) is 0 Å². The predicted molar refractivity (Wildman–Crippen MR) is 128 cm³/mol. The Hall–Kier alpha value is -3.33. The van der Waals surface area contributed by atoms with E-state index in [9.17, 15) is 0 Å². The molecule has 0 saturated heterocycles. The molecule has 158 valence electrons. The number of aromatic nitrogens is 1. The van der Waals surface area contributed by atoms with Crippen LogP contribution in [0.2, 0.25) is 0 Å². The second-order valence-corrected chi connectivity index (χ2v) is 8.99. The van der Waals surface area contributed by atoms with Gasteiger partial charge in [0.1, 0.15) is 7.05 Å². The number of methoxy groups -OCH3 is 2. The zero-order valence-corrected chi connectivity index (χ0v) is 19.2. The molecule has 3 heteroatoms. The van der Waals surface area contributed by atoms with Crippen molar-refractivity contribution in [3.05, 3.63) is 78.5 Å². The van der Waals surface area contributed by atoms with E-state index in [-0.39, 0.29) is 5.41 Å². The zero-order chi connectivity index (χ0) is 22.2. The van der Waals surface area contributed by atoms with Gasteiger partial charge < -0.3 is 9.47 Å². The summed E-state index contributed by atoms with van der Waals surface area (Å²) < 4.78 is 13.7. The lowest BCUT2D eigenvalue weighted by Gasteiger charge is -2.20. The van der Waals surface area contributed by atoms with E-state index in [2.05, 4.69) is 105 Å². The summed E-state index contributed by atoms with van der Waals surface area (Å²) in [5.41, 5.74) is 6.97. The lowest BCUT2D eigenvalue weighted by Crippen LogP contribution is -2.28. The van der Waals surface area contributed by atoms with Gasteiger partial charge in [0.15, 0.2) is 17.7 Å². The Kier molecular flexibility index (Phi) is 5.45. The SMILES string of the molecule is COc1cc(-c2cc3ccccc3[n+](C)c2)cc(-c2ccc(C(C)(C)C)cc2)c1OC. The number of hydrogen-bond acceptors (Lipinski definition) is 2. The second kappa shape index (κ2) is 8.07. The van der Waals surface area contributed by atoms with Crippen molar-refractivity contribution in [3.8, 4) is 33.8 Å². The Morgan fingerprint density at radius 1 is 0.742 bits per heavy atom. The average Bonchev–Trinajstić information content (AvgIpc) is 2.77. The van der Waals surface area contributed by atoms with Gasteiger partial charge in [-0.2, -0.15) is 0 Å². The maximum Gasteiger partial charge on any atom is 0.212 e. The molecular formula is C28H30NO2+. The van der Waals surface area contributed by atoms with E-state index in [0.29, 0.717) is 0 Å². The van der Waals surface area contributed by atoms with Gasteiger partial charge >= 0.3 is 0 Å². The van der Waals surface area contributed by atoms with Gasteiger partial charge in [0.05, 0.1) is 14.2 Å². The topological polar surface area (TPSA) is 22.3 Å². The Morgan fingerprint density at radius 3 is 2.10 bits per heavy atom. The molecule has 0 aliphatic rings. The summed E-state index contributed by atoms with van der Waals surface area (Å²) in [5.74, 6) is 1.48. The first kappa shape index (κ1) is 20.9. The fourth-order valence-corrected chi connectivity index (χ4v) is 4.07. The highest BCUT2D eigenvalue weighted by Gasteiger charge is 2.19. The van der Waals surface area contributed by atoms with E-state index in [4.69, 9.17) is 9.47 Å². The lowest BCUT2D eigenvalue weighted by molar-refractivity contribution is -0.644. The fourth-order valence-electron chi connectivity index (χ4n) is 4.07. The minimum absolute atomic E-state index is 0.113. The number of aryl methyl sites for hydroxylation is 1. The van der Waals surface area contributed by atoms with Crippen molar-refractivity contribution >= 4 is 10.9 Å². The van der Waals surface area contributed by atoms with E-state index >= 15 is 0 Å². The summed E-state index contributed by atoms with van der Waals surface area (Å²) in [6.07, 6.45) is 2.16. The van der Waals surface area contributed by atoms with Crippen LogP contribution < -0.4 is 14.0 Å². The van der Waals surface area contributed by atoms with Crippen LogP contribution in [0.1, 0.15) is 26.3 Å². The minimum atomic E-state index is 0.113. The smallest absolute Gasteiger partial charge is 0.212 e. The van der Waals surface area contributed by atoms with Crippen molar-refractivity contribution in [1.82, 2.24) is 0 Å². The molecule has 0 aliphatic heterocycles. The van der Waals surface area contributed by atoms with Crippen LogP contribution in [0.5, 0.6) is 11.5 Å². The number of pyridine rings is 1. The molecule has 0 atom stereocenters. The number of rotatable bonds is 4. The van der Waals surface area contributed by atoms with Crippen LogP contribution >= 0.6 is 0 Å². The first-order valence-electron chi connectivity index (χ1n) is 10.6. The molecule has 3 aromatic carbocycles. The van der Waals surface area contributed by atoms with Crippen LogP contribution in [-0.2, 0) is 12.5 Å². The highest BCUT2D eigenvalue weighted by molar-refractivity contribution is 5.85. The highest BCUT2D eigenvalue weighted by Crippen LogP contribution is 2.42. The highest BCUT2D eigenvalue weighted by atomic mass is 16.5. The number of hydrogen-bond donors (Lipinski definition) is 0. The maximum atomic E-state index is 5.77. The summed E-state index contributed by atoms with van der Waals surface area (Å²) in [6.45, 7) is 6.68. The quantitative estimate of drug-likeness (QED) is 0.366. The molecule has 0 saturated carbocycles. The molecule has 0 amide bonds. The third kappa shape index (κ3) is 4.00. The van der Waals surface area contributed by atoms with E-state index < -0.39 is 0 Å². The van der Waals surface area contributed by atoms with Crippen LogP contribution in [0.15, 0.2) is 72.9 Å². The molecular weight excluding hydrogens is 382 g/mol. The van der Waals surface area contributed by atoms with E-state index in [1.807, 2.05) is 0 Å². The first-order chi connectivity index (χ1) is 14.8. The molecule has 0 radical (unpaired) electrons. The normalized spacial score (nSPS) is 11.5. The monoisotopic (exact) mass is 412 g/mol. The second-order valence-electron chi connectivity index (χ2n) is 8.99. The zero-order valence-electron chi connectivity index (χ0n) is 19.2. The summed E-state index contributed by atoms with van der Waals surface area (Å²) in [7, 11) is 5.47. The predicted octanol–water partition coefficient (Wildman–Crippen LogP) is 6.31. The van der Waals surface area contributed by atoms with Crippen molar-refractivity contribution in [2.24, 2.45) is 7.05 Å². The van der Waals surface area contributed by atoms with Crippen LogP contribution in [0, 0.1) is 0 Å². The molecule has 0 N–H and O–H groups in total. The van der Waals surface area contributed by atoms with Crippen molar-refractivity contribution < 1.29 is 14.0 Å². The fraction of sp³-hybridized carbons (Fsp3) is 0.250. The molecule has 0 bridgehead atoms. The molecule has 3 nitrogen and oxygen atoms in total. The van der Waals surface area contributed by atoms with E-state index in [1.54, 1.807) is 14.2 Å². The first-order valence-corrected chi connectivity index (χ1v) is 10.6. The summed E-state index contributed by atoms with van der Waals surface area (Å²) >= 11 is 0. The third-order valence-corrected chi connectivity index (χ3v) is 5.83. The Labute approximate surface area is 184 Å². The standard InChI is InChI=1S/C28H30NO2/c1-28(2,3)23-13-11-19(12-14-23)24-16-21(17-26(30-5)27(24)31-6)22-15-20-9-7-8-10-25(20)29(4)18-22/h7-18H,1-6H3/q+1. The molecule has 0 fully saturated rings. The lowest BCUT2D eigenvalue weighted by atomic mass is 9.86. The van der Waals surface area contributed by atoms with Gasteiger partial charge in [-0.25, -0.2) is 4.57 Å². The molecule has 1 heterocycles. The molecule has 0 aliphatic carbocycles. The van der Waals surface area contributed by atoms with Crippen molar-refractivity contribution in [2.45, 2.75) is 26.2 Å². The molecule has 31 heavy (non-hydrogen) atoms. The Balaban J connectivity index is 1.90. The van der Waals surface area contributed by atoms with E-state index in [1.165, 1.54) is 16.5 Å². The van der Waals surface area contributed by atoms with Gasteiger partial charge in [-0.15, -0.1) is 0 Å². The van der Waals surface area contributed by atoms with Gasteiger partial charge in [-0.05, 0) is 46.4 Å². The van der Waals surface area contributed by atoms with Gasteiger partial charge in [0.2, 0.25) is 5.52 Å². The largest absolute Gasteiger partial charge is 0.493 e. The third-order valence-electron chi connectivity index (χ3n) is 5.83. The molecule has 1 aromatic heterocycles. The summed E-state index contributed by atoms with van der Waals surface area (Å²) in [6, 6.07) is 23.6.